The zero-order valence-corrected chi connectivity index (χ0v) is 8.75. The number of carbonyl (C=O) groups excluding carboxylic acids is 2. The summed E-state index contributed by atoms with van der Waals surface area (Å²) in [6.07, 6.45) is -6.98. The van der Waals surface area contributed by atoms with E-state index in [1.807, 2.05) is 0 Å². The third-order valence-corrected chi connectivity index (χ3v) is 2.10. The zero-order chi connectivity index (χ0) is 12.3. The second kappa shape index (κ2) is 4.91. The van der Waals surface area contributed by atoms with Gasteiger partial charge in [-0.15, -0.1) is 0 Å². The van der Waals surface area contributed by atoms with Crippen molar-refractivity contribution in [2.75, 3.05) is 19.0 Å². The minimum atomic E-state index is -5.15. The number of ether oxygens (including phenoxy) is 2. The Hall–Kier alpha value is -0.960. The van der Waals surface area contributed by atoms with Crippen molar-refractivity contribution in [3.05, 3.63) is 0 Å². The number of alkyl halides is 3. The summed E-state index contributed by atoms with van der Waals surface area (Å²) in [5.74, 6) is -3.28. The molecule has 9 heteroatoms. The summed E-state index contributed by atoms with van der Waals surface area (Å²) in [7, 11) is 0. The SMILES string of the molecule is O=C1C(OC(=O)C(F)(F)F)OCCN1CS. The van der Waals surface area contributed by atoms with Gasteiger partial charge in [0.1, 0.15) is 0 Å². The number of amides is 1. The molecule has 1 heterocycles. The van der Waals surface area contributed by atoms with Crippen LogP contribution in [0, 0.1) is 0 Å². The summed E-state index contributed by atoms with van der Waals surface area (Å²) < 4.78 is 44.0. The van der Waals surface area contributed by atoms with E-state index in [1.165, 1.54) is 0 Å². The molecule has 0 bridgehead atoms. The molecule has 1 aliphatic heterocycles. The molecule has 5 nitrogen and oxygen atoms in total. The molecule has 16 heavy (non-hydrogen) atoms. The van der Waals surface area contributed by atoms with E-state index in [1.54, 1.807) is 0 Å². The van der Waals surface area contributed by atoms with Gasteiger partial charge >= 0.3 is 12.1 Å². The molecule has 0 saturated carbocycles. The van der Waals surface area contributed by atoms with Gasteiger partial charge in [0.05, 0.1) is 12.5 Å². The van der Waals surface area contributed by atoms with Gasteiger partial charge in [-0.05, 0) is 0 Å². The Bertz CT molecular complexity index is 296. The number of rotatable bonds is 2. The van der Waals surface area contributed by atoms with Gasteiger partial charge < -0.3 is 14.4 Å². The molecule has 0 aromatic heterocycles. The maximum atomic E-state index is 11.8. The second-order valence-electron chi connectivity index (χ2n) is 2.85. The van der Waals surface area contributed by atoms with E-state index in [0.29, 0.717) is 0 Å². The van der Waals surface area contributed by atoms with E-state index in [-0.39, 0.29) is 19.0 Å². The van der Waals surface area contributed by atoms with E-state index in [2.05, 4.69) is 22.1 Å². The summed E-state index contributed by atoms with van der Waals surface area (Å²) >= 11 is 3.80. The molecule has 92 valence electrons. The van der Waals surface area contributed by atoms with Gasteiger partial charge in [-0.1, -0.05) is 0 Å². The molecule has 0 spiro atoms. The maximum absolute atomic E-state index is 11.8. The summed E-state index contributed by atoms with van der Waals surface area (Å²) in [5, 5.41) is 0. The van der Waals surface area contributed by atoms with Crippen LogP contribution in [-0.2, 0) is 19.1 Å². The first-order valence-corrected chi connectivity index (χ1v) is 4.78. The van der Waals surface area contributed by atoms with Crippen molar-refractivity contribution in [1.82, 2.24) is 4.90 Å². The number of halogens is 3. The number of hydrogen-bond acceptors (Lipinski definition) is 5. The lowest BCUT2D eigenvalue weighted by molar-refractivity contribution is -0.232. The third-order valence-electron chi connectivity index (χ3n) is 1.76. The Morgan fingerprint density at radius 1 is 1.62 bits per heavy atom. The van der Waals surface area contributed by atoms with Crippen LogP contribution in [-0.4, -0.2) is 48.3 Å². The molecule has 0 aromatic rings. The van der Waals surface area contributed by atoms with Crippen LogP contribution in [0.4, 0.5) is 13.2 Å². The number of carbonyl (C=O) groups is 2. The van der Waals surface area contributed by atoms with Crippen molar-refractivity contribution in [3.8, 4) is 0 Å². The summed E-state index contributed by atoms with van der Waals surface area (Å²) in [6, 6.07) is 0. The van der Waals surface area contributed by atoms with E-state index in [0.717, 1.165) is 4.90 Å². The van der Waals surface area contributed by atoms with Gasteiger partial charge in [0, 0.05) is 6.54 Å². The van der Waals surface area contributed by atoms with E-state index in [4.69, 9.17) is 0 Å². The van der Waals surface area contributed by atoms with Crippen LogP contribution in [0.1, 0.15) is 0 Å². The maximum Gasteiger partial charge on any atom is 0.491 e. The van der Waals surface area contributed by atoms with Crippen molar-refractivity contribution in [1.29, 1.82) is 0 Å². The van der Waals surface area contributed by atoms with Crippen LogP contribution >= 0.6 is 12.6 Å². The Balaban J connectivity index is 2.60. The average Bonchev–Trinajstić information content (AvgIpc) is 2.19. The Labute approximate surface area is 93.9 Å². The lowest BCUT2D eigenvalue weighted by Crippen LogP contribution is -2.50. The number of esters is 1. The van der Waals surface area contributed by atoms with Gasteiger partial charge in [-0.2, -0.15) is 25.8 Å². The second-order valence-corrected chi connectivity index (χ2v) is 3.13. The lowest BCUT2D eigenvalue weighted by atomic mass is 10.4. The van der Waals surface area contributed by atoms with Crippen LogP contribution in [0.5, 0.6) is 0 Å². The smallest absolute Gasteiger partial charge is 0.419 e. The molecule has 0 radical (unpaired) electrons. The van der Waals surface area contributed by atoms with Crippen LogP contribution < -0.4 is 0 Å². The fourth-order valence-corrected chi connectivity index (χ4v) is 1.27. The monoisotopic (exact) mass is 259 g/mol. The summed E-state index contributed by atoms with van der Waals surface area (Å²) in [6.45, 7) is 0.185. The summed E-state index contributed by atoms with van der Waals surface area (Å²) in [4.78, 5) is 22.9. The van der Waals surface area contributed by atoms with Crippen LogP contribution in [0.2, 0.25) is 0 Å². The molecular formula is C7H8F3NO4S. The highest BCUT2D eigenvalue weighted by Gasteiger charge is 2.44. The van der Waals surface area contributed by atoms with E-state index < -0.39 is 24.3 Å². The molecule has 0 aliphatic carbocycles. The molecule has 1 atom stereocenters. The Kier molecular flexibility index (Phi) is 4.03. The molecule has 1 fully saturated rings. The van der Waals surface area contributed by atoms with Crippen LogP contribution in [0.15, 0.2) is 0 Å². The predicted molar refractivity (Wildman–Crippen MR) is 47.5 cm³/mol. The first kappa shape index (κ1) is 13.1. The highest BCUT2D eigenvalue weighted by atomic mass is 32.1. The van der Waals surface area contributed by atoms with Gasteiger partial charge in [-0.3, -0.25) is 4.79 Å². The van der Waals surface area contributed by atoms with Crippen molar-refractivity contribution >= 4 is 24.5 Å². The molecule has 0 N–H and O–H groups in total. The number of hydrogen-bond donors (Lipinski definition) is 1. The highest BCUT2D eigenvalue weighted by Crippen LogP contribution is 2.19. The number of morpholine rings is 1. The normalized spacial score (nSPS) is 22.1. The molecule has 1 rings (SSSR count). The fourth-order valence-electron chi connectivity index (χ4n) is 0.989. The van der Waals surface area contributed by atoms with Crippen molar-refractivity contribution < 1.29 is 32.2 Å². The minimum absolute atomic E-state index is 0.0118. The minimum Gasteiger partial charge on any atom is -0.419 e. The number of nitrogens with zero attached hydrogens (tertiary/aromatic N) is 1. The topological polar surface area (TPSA) is 55.8 Å². The first-order chi connectivity index (χ1) is 7.36. The molecule has 1 amide bonds. The third kappa shape index (κ3) is 3.01. The largest absolute Gasteiger partial charge is 0.491 e. The summed E-state index contributed by atoms with van der Waals surface area (Å²) in [5.41, 5.74) is 0. The standard InChI is InChI=1S/C7H8F3NO4S/c8-7(9,10)6(13)15-5-4(12)11(3-16)1-2-14-5/h5,16H,1-3H2. The molecule has 1 saturated heterocycles. The average molecular weight is 259 g/mol. The molecule has 0 aromatic carbocycles. The Morgan fingerprint density at radius 2 is 2.25 bits per heavy atom. The first-order valence-electron chi connectivity index (χ1n) is 4.15. The number of thiol groups is 1. The van der Waals surface area contributed by atoms with Gasteiger partial charge in [0.15, 0.2) is 0 Å². The van der Waals surface area contributed by atoms with E-state index >= 15 is 0 Å². The van der Waals surface area contributed by atoms with Gasteiger partial charge in [-0.25, -0.2) is 4.79 Å². The van der Waals surface area contributed by atoms with Crippen molar-refractivity contribution in [3.63, 3.8) is 0 Å². The van der Waals surface area contributed by atoms with Gasteiger partial charge in [0.25, 0.3) is 12.2 Å². The molecular weight excluding hydrogens is 251 g/mol. The van der Waals surface area contributed by atoms with Crippen LogP contribution in [0.25, 0.3) is 0 Å². The molecule has 1 unspecified atom stereocenters. The fraction of sp³-hybridized carbons (Fsp3) is 0.714. The zero-order valence-electron chi connectivity index (χ0n) is 7.86. The quantitative estimate of drug-likeness (QED) is 0.567. The van der Waals surface area contributed by atoms with Crippen LogP contribution in [0.3, 0.4) is 0 Å². The lowest BCUT2D eigenvalue weighted by Gasteiger charge is -2.30. The predicted octanol–water partition coefficient (Wildman–Crippen LogP) is 0.164. The molecule has 1 aliphatic rings. The van der Waals surface area contributed by atoms with Crippen molar-refractivity contribution in [2.45, 2.75) is 12.5 Å². The van der Waals surface area contributed by atoms with Crippen molar-refractivity contribution in [2.24, 2.45) is 0 Å². The van der Waals surface area contributed by atoms with Gasteiger partial charge in [0.2, 0.25) is 0 Å². The highest BCUT2D eigenvalue weighted by molar-refractivity contribution is 7.80. The van der Waals surface area contributed by atoms with E-state index in [9.17, 15) is 22.8 Å². The Morgan fingerprint density at radius 3 is 2.75 bits per heavy atom.